The van der Waals surface area contributed by atoms with E-state index in [-0.39, 0.29) is 17.3 Å². The Bertz CT molecular complexity index is 1160. The molecule has 0 saturated carbocycles. The molecule has 1 amide bonds. The van der Waals surface area contributed by atoms with Crippen molar-refractivity contribution in [2.75, 3.05) is 17.9 Å². The minimum atomic E-state index is -3.98. The van der Waals surface area contributed by atoms with Gasteiger partial charge in [0, 0.05) is 18.6 Å². The molecular weight excluding hydrogens is 432 g/mol. The Morgan fingerprint density at radius 1 is 0.903 bits per heavy atom. The SMILES string of the molecule is Cc1ccc(S(=O)(=O)N(CC(=O)N(C)Cc2ccccc2)c2cccc(Cl)c2C)cc1. The molecule has 0 unspecified atom stereocenters. The fourth-order valence-corrected chi connectivity index (χ4v) is 4.83. The van der Waals surface area contributed by atoms with Crippen molar-refractivity contribution in [1.29, 1.82) is 0 Å². The number of hydrogen-bond donors (Lipinski definition) is 0. The van der Waals surface area contributed by atoms with Crippen LogP contribution in [0.3, 0.4) is 0 Å². The summed E-state index contributed by atoms with van der Waals surface area (Å²) in [4.78, 5) is 14.7. The predicted molar refractivity (Wildman–Crippen MR) is 125 cm³/mol. The van der Waals surface area contributed by atoms with Crippen LogP contribution >= 0.6 is 11.6 Å². The van der Waals surface area contributed by atoms with Gasteiger partial charge in [-0.15, -0.1) is 0 Å². The predicted octanol–water partition coefficient (Wildman–Crippen LogP) is 4.81. The zero-order chi connectivity index (χ0) is 22.6. The summed E-state index contributed by atoms with van der Waals surface area (Å²) in [5.74, 6) is -0.320. The molecule has 0 aliphatic heterocycles. The summed E-state index contributed by atoms with van der Waals surface area (Å²) in [5.41, 5.74) is 2.89. The van der Waals surface area contributed by atoms with Crippen LogP contribution in [0.1, 0.15) is 16.7 Å². The van der Waals surface area contributed by atoms with E-state index in [0.717, 1.165) is 15.4 Å². The summed E-state index contributed by atoms with van der Waals surface area (Å²) in [7, 11) is -2.32. The van der Waals surface area contributed by atoms with Crippen LogP contribution in [0, 0.1) is 13.8 Å². The number of nitrogens with zero attached hydrogens (tertiary/aromatic N) is 2. The van der Waals surface area contributed by atoms with Crippen molar-refractivity contribution >= 4 is 33.2 Å². The number of carbonyl (C=O) groups excluding carboxylic acids is 1. The number of anilines is 1. The lowest BCUT2D eigenvalue weighted by atomic mass is 10.2. The molecule has 0 spiro atoms. The molecule has 0 aliphatic carbocycles. The number of hydrogen-bond acceptors (Lipinski definition) is 3. The number of rotatable bonds is 7. The first kappa shape index (κ1) is 22.8. The van der Waals surface area contributed by atoms with Crippen molar-refractivity contribution in [2.45, 2.75) is 25.3 Å². The fraction of sp³-hybridized carbons (Fsp3) is 0.208. The summed E-state index contributed by atoms with van der Waals surface area (Å²) in [6, 6.07) is 21.2. The van der Waals surface area contributed by atoms with Gasteiger partial charge in [0.1, 0.15) is 6.54 Å². The highest BCUT2D eigenvalue weighted by Crippen LogP contribution is 2.31. The van der Waals surface area contributed by atoms with Gasteiger partial charge in [-0.1, -0.05) is 65.7 Å². The van der Waals surface area contributed by atoms with Crippen molar-refractivity contribution in [3.8, 4) is 0 Å². The second-order valence-electron chi connectivity index (χ2n) is 7.44. The highest BCUT2D eigenvalue weighted by Gasteiger charge is 2.29. The van der Waals surface area contributed by atoms with Crippen LogP contribution in [0.25, 0.3) is 0 Å². The molecule has 0 radical (unpaired) electrons. The monoisotopic (exact) mass is 456 g/mol. The normalized spacial score (nSPS) is 11.2. The van der Waals surface area contributed by atoms with Crippen LogP contribution in [0.4, 0.5) is 5.69 Å². The Balaban J connectivity index is 1.97. The van der Waals surface area contributed by atoms with Gasteiger partial charge in [-0.3, -0.25) is 9.10 Å². The van der Waals surface area contributed by atoms with Crippen LogP contribution in [0.15, 0.2) is 77.7 Å². The third-order valence-electron chi connectivity index (χ3n) is 5.08. The molecule has 0 fully saturated rings. The van der Waals surface area contributed by atoms with E-state index in [1.807, 2.05) is 37.3 Å². The summed E-state index contributed by atoms with van der Waals surface area (Å²) in [6.45, 7) is 3.68. The smallest absolute Gasteiger partial charge is 0.264 e. The minimum Gasteiger partial charge on any atom is -0.340 e. The number of halogens is 1. The number of sulfonamides is 1. The summed E-state index contributed by atoms with van der Waals surface area (Å²) in [6.07, 6.45) is 0. The van der Waals surface area contributed by atoms with E-state index >= 15 is 0 Å². The first-order chi connectivity index (χ1) is 14.7. The third-order valence-corrected chi connectivity index (χ3v) is 7.27. The molecule has 0 heterocycles. The van der Waals surface area contributed by atoms with Gasteiger partial charge in [-0.05, 0) is 49.2 Å². The number of carbonyl (C=O) groups is 1. The van der Waals surface area contributed by atoms with E-state index in [4.69, 9.17) is 11.6 Å². The zero-order valence-electron chi connectivity index (χ0n) is 17.7. The molecule has 0 N–H and O–H groups in total. The van der Waals surface area contributed by atoms with Crippen LogP contribution in [-0.4, -0.2) is 32.8 Å². The van der Waals surface area contributed by atoms with Crippen LogP contribution in [0.5, 0.6) is 0 Å². The van der Waals surface area contributed by atoms with Gasteiger partial charge in [0.05, 0.1) is 10.6 Å². The first-order valence-corrected chi connectivity index (χ1v) is 11.6. The van der Waals surface area contributed by atoms with Crippen molar-refractivity contribution in [3.63, 3.8) is 0 Å². The molecule has 3 aromatic rings. The molecule has 31 heavy (non-hydrogen) atoms. The minimum absolute atomic E-state index is 0.121. The number of likely N-dealkylation sites (N-methyl/N-ethyl adjacent to an activating group) is 1. The number of aryl methyl sites for hydroxylation is 1. The molecule has 0 aliphatic rings. The molecule has 5 nitrogen and oxygen atoms in total. The van der Waals surface area contributed by atoms with Crippen molar-refractivity contribution in [3.05, 3.63) is 94.5 Å². The maximum absolute atomic E-state index is 13.5. The Labute approximate surface area is 188 Å². The number of benzene rings is 3. The van der Waals surface area contributed by atoms with Crippen LogP contribution in [-0.2, 0) is 21.4 Å². The van der Waals surface area contributed by atoms with Gasteiger partial charge in [-0.2, -0.15) is 0 Å². The molecule has 162 valence electrons. The van der Waals surface area contributed by atoms with Crippen molar-refractivity contribution in [1.82, 2.24) is 4.90 Å². The third kappa shape index (κ3) is 5.27. The van der Waals surface area contributed by atoms with E-state index < -0.39 is 10.0 Å². The second kappa shape index (κ2) is 9.54. The van der Waals surface area contributed by atoms with E-state index in [1.165, 1.54) is 4.90 Å². The van der Waals surface area contributed by atoms with Gasteiger partial charge < -0.3 is 4.90 Å². The maximum Gasteiger partial charge on any atom is 0.264 e. The summed E-state index contributed by atoms with van der Waals surface area (Å²) >= 11 is 6.26. The van der Waals surface area contributed by atoms with Crippen molar-refractivity contribution in [2.24, 2.45) is 0 Å². The lowest BCUT2D eigenvalue weighted by Gasteiger charge is -2.28. The molecule has 0 bridgehead atoms. The lowest BCUT2D eigenvalue weighted by molar-refractivity contribution is -0.128. The molecule has 3 aromatic carbocycles. The van der Waals surface area contributed by atoms with Crippen LogP contribution < -0.4 is 4.31 Å². The van der Waals surface area contributed by atoms with E-state index in [1.54, 1.807) is 56.4 Å². The Hall–Kier alpha value is -2.83. The van der Waals surface area contributed by atoms with E-state index in [0.29, 0.717) is 22.8 Å². The van der Waals surface area contributed by atoms with Crippen LogP contribution in [0.2, 0.25) is 5.02 Å². The molecule has 0 aromatic heterocycles. The molecule has 0 saturated heterocycles. The summed E-state index contributed by atoms with van der Waals surface area (Å²) in [5, 5.41) is 0.437. The average Bonchev–Trinajstić information content (AvgIpc) is 2.75. The van der Waals surface area contributed by atoms with Gasteiger partial charge in [-0.25, -0.2) is 8.42 Å². The van der Waals surface area contributed by atoms with E-state index in [2.05, 4.69) is 0 Å². The quantitative estimate of drug-likeness (QED) is 0.512. The molecule has 0 atom stereocenters. The van der Waals surface area contributed by atoms with E-state index in [9.17, 15) is 13.2 Å². The Kier molecular flexibility index (Phi) is 7.03. The average molecular weight is 457 g/mol. The van der Waals surface area contributed by atoms with Gasteiger partial charge in [0.25, 0.3) is 10.0 Å². The highest BCUT2D eigenvalue weighted by atomic mass is 35.5. The molecule has 7 heteroatoms. The first-order valence-electron chi connectivity index (χ1n) is 9.82. The topological polar surface area (TPSA) is 57.7 Å². The molecular formula is C24H25ClN2O3S. The molecule has 3 rings (SSSR count). The van der Waals surface area contributed by atoms with Gasteiger partial charge in [0.2, 0.25) is 5.91 Å². The largest absolute Gasteiger partial charge is 0.340 e. The van der Waals surface area contributed by atoms with Gasteiger partial charge >= 0.3 is 0 Å². The second-order valence-corrected chi connectivity index (χ2v) is 9.71. The lowest BCUT2D eigenvalue weighted by Crippen LogP contribution is -2.41. The van der Waals surface area contributed by atoms with Gasteiger partial charge in [0.15, 0.2) is 0 Å². The maximum atomic E-state index is 13.5. The Morgan fingerprint density at radius 3 is 2.19 bits per heavy atom. The fourth-order valence-electron chi connectivity index (χ4n) is 3.19. The summed E-state index contributed by atoms with van der Waals surface area (Å²) < 4.78 is 28.2. The number of amides is 1. The standard InChI is InChI=1S/C24H25ClN2O3S/c1-18-12-14-21(15-13-18)31(29,30)27(23-11-7-10-22(25)19(23)2)17-24(28)26(3)16-20-8-5-4-6-9-20/h4-15H,16-17H2,1-3H3. The Morgan fingerprint density at radius 2 is 1.55 bits per heavy atom. The highest BCUT2D eigenvalue weighted by molar-refractivity contribution is 7.92. The van der Waals surface area contributed by atoms with Crippen molar-refractivity contribution < 1.29 is 13.2 Å². The zero-order valence-corrected chi connectivity index (χ0v) is 19.3.